The van der Waals surface area contributed by atoms with Gasteiger partial charge in [0, 0.05) is 17.9 Å². The summed E-state index contributed by atoms with van der Waals surface area (Å²) in [5.41, 5.74) is 1.45. The first-order valence-electron chi connectivity index (χ1n) is 8.47. The summed E-state index contributed by atoms with van der Waals surface area (Å²) in [6.45, 7) is 3.11. The highest BCUT2D eigenvalue weighted by Gasteiger charge is 2.17. The van der Waals surface area contributed by atoms with Gasteiger partial charge in [0.25, 0.3) is 10.0 Å². The van der Waals surface area contributed by atoms with Crippen LogP contribution in [0.3, 0.4) is 0 Å². The van der Waals surface area contributed by atoms with Crippen molar-refractivity contribution in [1.82, 2.24) is 5.16 Å². The number of carbonyl (C=O) groups is 1. The molecule has 1 amide bonds. The second kappa shape index (κ2) is 8.50. The van der Waals surface area contributed by atoms with Gasteiger partial charge in [-0.25, -0.2) is 8.42 Å². The summed E-state index contributed by atoms with van der Waals surface area (Å²) in [4.78, 5) is 12.0. The molecular weight excluding hydrogens is 414 g/mol. The third-order valence-corrected chi connectivity index (χ3v) is 6.70. The predicted octanol–water partition coefficient (Wildman–Crippen LogP) is 3.98. The van der Waals surface area contributed by atoms with Gasteiger partial charge in [-0.1, -0.05) is 11.2 Å². The molecule has 2 aromatic heterocycles. The largest absolute Gasteiger partial charge is 0.497 e. The lowest BCUT2D eigenvalue weighted by atomic mass is 10.2. The summed E-state index contributed by atoms with van der Waals surface area (Å²) in [5, 5.41) is 6.50. The van der Waals surface area contributed by atoms with Crippen molar-refractivity contribution in [1.29, 1.82) is 0 Å². The normalized spacial score (nSPS) is 11.6. The molecule has 0 radical (unpaired) electrons. The highest BCUT2D eigenvalue weighted by atomic mass is 32.2. The van der Waals surface area contributed by atoms with Crippen LogP contribution in [-0.2, 0) is 14.8 Å². The fraction of sp³-hybridized carbons (Fsp3) is 0.158. The van der Waals surface area contributed by atoms with E-state index in [1.807, 2.05) is 0 Å². The first-order chi connectivity index (χ1) is 13.8. The van der Waals surface area contributed by atoms with E-state index in [1.165, 1.54) is 20.1 Å². The van der Waals surface area contributed by atoms with Crippen molar-refractivity contribution >= 4 is 50.8 Å². The third kappa shape index (κ3) is 5.04. The molecule has 2 heterocycles. The van der Waals surface area contributed by atoms with Gasteiger partial charge < -0.3 is 14.6 Å². The lowest BCUT2D eigenvalue weighted by molar-refractivity contribution is -0.114. The lowest BCUT2D eigenvalue weighted by Gasteiger charge is -2.07. The topological polar surface area (TPSA) is 111 Å². The van der Waals surface area contributed by atoms with Crippen LogP contribution < -0.4 is 14.8 Å². The van der Waals surface area contributed by atoms with Crippen LogP contribution in [-0.4, -0.2) is 26.6 Å². The van der Waals surface area contributed by atoms with Crippen LogP contribution in [0.2, 0.25) is 0 Å². The van der Waals surface area contributed by atoms with E-state index in [1.54, 1.807) is 49.4 Å². The Morgan fingerprint density at radius 3 is 2.76 bits per heavy atom. The van der Waals surface area contributed by atoms with Crippen LogP contribution in [0.15, 0.2) is 45.1 Å². The summed E-state index contributed by atoms with van der Waals surface area (Å²) in [5.74, 6) is 0.696. The molecule has 1 aromatic carbocycles. The SMILES string of the molecule is COc1cccc(NS(=O)(=O)c2ccc(/C=C/c3onc(C)c3NC(C)=O)s2)c1. The Bertz CT molecular complexity index is 1160. The molecule has 0 bridgehead atoms. The molecule has 3 rings (SSSR count). The highest BCUT2D eigenvalue weighted by molar-refractivity contribution is 7.94. The Labute approximate surface area is 172 Å². The zero-order valence-electron chi connectivity index (χ0n) is 15.9. The van der Waals surface area contributed by atoms with Crippen molar-refractivity contribution in [2.45, 2.75) is 18.1 Å². The van der Waals surface area contributed by atoms with E-state index in [0.717, 1.165) is 11.3 Å². The van der Waals surface area contributed by atoms with Gasteiger partial charge in [0.15, 0.2) is 5.76 Å². The van der Waals surface area contributed by atoms with Crippen LogP contribution in [0.25, 0.3) is 12.2 Å². The van der Waals surface area contributed by atoms with Gasteiger partial charge in [0.05, 0.1) is 12.8 Å². The smallest absolute Gasteiger partial charge is 0.271 e. The number of benzene rings is 1. The zero-order chi connectivity index (χ0) is 21.0. The quantitative estimate of drug-likeness (QED) is 0.583. The highest BCUT2D eigenvalue weighted by Crippen LogP contribution is 2.28. The van der Waals surface area contributed by atoms with Crippen LogP contribution in [0, 0.1) is 6.92 Å². The van der Waals surface area contributed by atoms with Crippen LogP contribution in [0.1, 0.15) is 23.3 Å². The van der Waals surface area contributed by atoms with Gasteiger partial charge >= 0.3 is 0 Å². The maximum Gasteiger partial charge on any atom is 0.271 e. The Balaban J connectivity index is 1.78. The van der Waals surface area contributed by atoms with Crippen molar-refractivity contribution in [3.63, 3.8) is 0 Å². The molecule has 10 heteroatoms. The van der Waals surface area contributed by atoms with Crippen molar-refractivity contribution < 1.29 is 22.5 Å². The fourth-order valence-electron chi connectivity index (χ4n) is 2.45. The molecule has 8 nitrogen and oxygen atoms in total. The number of sulfonamides is 1. The average molecular weight is 434 g/mol. The fourth-order valence-corrected chi connectivity index (χ4v) is 4.73. The van der Waals surface area contributed by atoms with Gasteiger partial charge in [-0.05, 0) is 43.3 Å². The van der Waals surface area contributed by atoms with Crippen LogP contribution in [0.4, 0.5) is 11.4 Å². The van der Waals surface area contributed by atoms with Gasteiger partial charge in [-0.15, -0.1) is 11.3 Å². The summed E-state index contributed by atoms with van der Waals surface area (Å²) in [6, 6.07) is 9.87. The van der Waals surface area contributed by atoms with E-state index in [2.05, 4.69) is 15.2 Å². The van der Waals surface area contributed by atoms with E-state index in [4.69, 9.17) is 9.26 Å². The van der Waals surface area contributed by atoms with Crippen molar-refractivity contribution in [2.24, 2.45) is 0 Å². The number of anilines is 2. The standard InChI is InChI=1S/C19H19N3O5S2/c1-12-19(20-13(2)23)17(27-21-12)9-7-16-8-10-18(28-16)29(24,25)22-14-5-4-6-15(11-14)26-3/h4-11,22H,1-3H3,(H,20,23)/b9-7+. The maximum absolute atomic E-state index is 12.6. The Morgan fingerprint density at radius 2 is 2.03 bits per heavy atom. The number of nitrogens with one attached hydrogen (secondary N) is 2. The number of ether oxygens (including phenoxy) is 1. The molecule has 0 aliphatic rings. The minimum Gasteiger partial charge on any atom is -0.497 e. The third-order valence-electron chi connectivity index (χ3n) is 3.78. The maximum atomic E-state index is 12.6. The van der Waals surface area contributed by atoms with Crippen LogP contribution in [0.5, 0.6) is 5.75 Å². The molecule has 0 saturated heterocycles. The number of methoxy groups -OCH3 is 1. The minimum absolute atomic E-state index is 0.163. The Hall–Kier alpha value is -3.11. The van der Waals surface area contributed by atoms with E-state index < -0.39 is 10.0 Å². The second-order valence-electron chi connectivity index (χ2n) is 6.02. The molecule has 0 spiro atoms. The molecule has 2 N–H and O–H groups in total. The molecule has 0 aliphatic carbocycles. The van der Waals surface area contributed by atoms with Crippen molar-refractivity contribution in [3.05, 3.63) is 52.7 Å². The number of amides is 1. The Kier molecular flexibility index (Phi) is 6.04. The molecule has 0 unspecified atom stereocenters. The molecule has 152 valence electrons. The van der Waals surface area contributed by atoms with Crippen molar-refractivity contribution in [3.8, 4) is 5.75 Å². The second-order valence-corrected chi connectivity index (χ2v) is 9.04. The molecule has 29 heavy (non-hydrogen) atoms. The number of aryl methyl sites for hydroxylation is 1. The number of rotatable bonds is 7. The number of nitrogens with zero attached hydrogens (tertiary/aromatic N) is 1. The summed E-state index contributed by atoms with van der Waals surface area (Å²) in [6.07, 6.45) is 3.32. The zero-order valence-corrected chi connectivity index (χ0v) is 17.6. The van der Waals surface area contributed by atoms with Gasteiger partial charge in [0.2, 0.25) is 5.91 Å². The molecule has 0 fully saturated rings. The molecule has 0 aliphatic heterocycles. The lowest BCUT2D eigenvalue weighted by Crippen LogP contribution is -2.11. The first kappa shape index (κ1) is 20.6. The van der Waals surface area contributed by atoms with E-state index in [-0.39, 0.29) is 10.1 Å². The molecule has 0 atom stereocenters. The van der Waals surface area contributed by atoms with E-state index in [0.29, 0.717) is 33.5 Å². The number of hydrogen-bond donors (Lipinski definition) is 2. The monoisotopic (exact) mass is 433 g/mol. The number of aromatic nitrogens is 1. The number of carbonyl (C=O) groups excluding carboxylic acids is 1. The number of hydrogen-bond acceptors (Lipinski definition) is 7. The molecule has 0 saturated carbocycles. The summed E-state index contributed by atoms with van der Waals surface area (Å²) >= 11 is 1.10. The van der Waals surface area contributed by atoms with E-state index >= 15 is 0 Å². The number of thiophene rings is 1. The van der Waals surface area contributed by atoms with Crippen molar-refractivity contribution in [2.75, 3.05) is 17.1 Å². The van der Waals surface area contributed by atoms with Gasteiger partial charge in [-0.2, -0.15) is 0 Å². The van der Waals surface area contributed by atoms with E-state index in [9.17, 15) is 13.2 Å². The summed E-state index contributed by atoms with van der Waals surface area (Å²) in [7, 11) is -2.22. The molecule has 3 aromatic rings. The van der Waals surface area contributed by atoms with Gasteiger partial charge in [-0.3, -0.25) is 9.52 Å². The summed E-state index contributed by atoms with van der Waals surface area (Å²) < 4.78 is 38.3. The van der Waals surface area contributed by atoms with Gasteiger partial charge in [0.1, 0.15) is 21.3 Å². The molecular formula is C19H19N3O5S2. The minimum atomic E-state index is -3.73. The predicted molar refractivity (Wildman–Crippen MR) is 113 cm³/mol. The first-order valence-corrected chi connectivity index (χ1v) is 10.8. The van der Waals surface area contributed by atoms with Crippen LogP contribution >= 0.6 is 11.3 Å². The Morgan fingerprint density at radius 1 is 1.24 bits per heavy atom. The average Bonchev–Trinajstić information content (AvgIpc) is 3.28.